The first-order valence-electron chi connectivity index (χ1n) is 8.03. The largest absolute Gasteiger partial charge is 0.359 e. The number of benzene rings is 1. The van der Waals surface area contributed by atoms with Crippen molar-refractivity contribution < 1.29 is 4.79 Å². The lowest BCUT2D eigenvalue weighted by Gasteiger charge is -2.17. The summed E-state index contributed by atoms with van der Waals surface area (Å²) >= 11 is 0. The maximum atomic E-state index is 13.0. The average Bonchev–Trinajstić information content (AvgIpc) is 3.24. The monoisotopic (exact) mass is 317 g/mol. The number of anilines is 1. The zero-order valence-corrected chi connectivity index (χ0v) is 13.8. The standard InChI is InChI=1S/C20H19N3O/c1-14-11-15(2)21-18(14)12-17-16-7-3-4-8-19(16)23(20(17)24)13-22-9-5-6-10-22/h3-12,21H,13H2,1-2H3/b17-12-. The predicted octanol–water partition coefficient (Wildman–Crippen LogP) is 3.98. The highest BCUT2D eigenvalue weighted by molar-refractivity contribution is 6.35. The average molecular weight is 317 g/mol. The summed E-state index contributed by atoms with van der Waals surface area (Å²) in [5.74, 6) is 0.0385. The molecule has 3 aromatic rings. The molecule has 0 bridgehead atoms. The van der Waals surface area contributed by atoms with Crippen LogP contribution in [0.15, 0.2) is 54.9 Å². The SMILES string of the molecule is Cc1cc(C)c(/C=C2\C(=O)N(Cn3cccc3)c3ccccc32)[nH]1. The van der Waals surface area contributed by atoms with Gasteiger partial charge in [0.2, 0.25) is 0 Å². The summed E-state index contributed by atoms with van der Waals surface area (Å²) in [6.45, 7) is 4.60. The second-order valence-electron chi connectivity index (χ2n) is 6.20. The number of aromatic amines is 1. The van der Waals surface area contributed by atoms with Crippen LogP contribution >= 0.6 is 0 Å². The van der Waals surface area contributed by atoms with Gasteiger partial charge in [-0.15, -0.1) is 0 Å². The Bertz CT molecular complexity index is 932. The molecule has 0 spiro atoms. The van der Waals surface area contributed by atoms with Gasteiger partial charge in [-0.3, -0.25) is 9.69 Å². The molecule has 0 saturated heterocycles. The van der Waals surface area contributed by atoms with E-state index in [0.29, 0.717) is 6.67 Å². The third kappa shape index (κ3) is 2.36. The van der Waals surface area contributed by atoms with Crippen molar-refractivity contribution in [3.05, 3.63) is 77.4 Å². The fourth-order valence-electron chi connectivity index (χ4n) is 3.26. The molecule has 2 aromatic heterocycles. The smallest absolute Gasteiger partial charge is 0.260 e. The molecule has 1 N–H and O–H groups in total. The Morgan fingerprint density at radius 2 is 1.83 bits per heavy atom. The van der Waals surface area contributed by atoms with E-state index in [4.69, 9.17) is 0 Å². The first-order valence-corrected chi connectivity index (χ1v) is 8.03. The van der Waals surface area contributed by atoms with E-state index < -0.39 is 0 Å². The third-order valence-electron chi connectivity index (χ3n) is 4.41. The number of hydrogen-bond donors (Lipinski definition) is 1. The zero-order valence-electron chi connectivity index (χ0n) is 13.8. The number of carbonyl (C=O) groups is 1. The van der Waals surface area contributed by atoms with Gasteiger partial charge in [0.25, 0.3) is 5.91 Å². The molecule has 0 saturated carbocycles. The van der Waals surface area contributed by atoms with Crippen LogP contribution in [0, 0.1) is 13.8 Å². The lowest BCUT2D eigenvalue weighted by molar-refractivity contribution is -0.113. The Labute approximate surface area is 141 Å². The minimum absolute atomic E-state index is 0.0385. The molecular formula is C20H19N3O. The summed E-state index contributed by atoms with van der Waals surface area (Å²) in [7, 11) is 0. The Kier molecular flexibility index (Phi) is 3.38. The Hall–Kier alpha value is -3.01. The third-order valence-corrected chi connectivity index (χ3v) is 4.41. The first-order chi connectivity index (χ1) is 11.6. The number of aryl methyl sites for hydroxylation is 2. The zero-order chi connectivity index (χ0) is 16.7. The van der Waals surface area contributed by atoms with Gasteiger partial charge in [0, 0.05) is 29.3 Å². The van der Waals surface area contributed by atoms with Gasteiger partial charge in [0.1, 0.15) is 6.67 Å². The number of H-pyrrole nitrogens is 1. The van der Waals surface area contributed by atoms with Crippen LogP contribution in [-0.2, 0) is 11.5 Å². The number of nitrogens with one attached hydrogen (secondary N) is 1. The lowest BCUT2D eigenvalue weighted by atomic mass is 10.1. The molecule has 0 atom stereocenters. The molecule has 4 nitrogen and oxygen atoms in total. The molecule has 1 amide bonds. The van der Waals surface area contributed by atoms with Gasteiger partial charge < -0.3 is 9.55 Å². The minimum Gasteiger partial charge on any atom is -0.359 e. The Balaban J connectivity index is 1.79. The van der Waals surface area contributed by atoms with Gasteiger partial charge in [-0.25, -0.2) is 0 Å². The van der Waals surface area contributed by atoms with Crippen molar-refractivity contribution in [1.82, 2.24) is 9.55 Å². The molecule has 3 heterocycles. The predicted molar refractivity (Wildman–Crippen MR) is 96.5 cm³/mol. The summed E-state index contributed by atoms with van der Waals surface area (Å²) < 4.78 is 2.00. The molecule has 0 aliphatic carbocycles. The van der Waals surface area contributed by atoms with Gasteiger partial charge in [0.15, 0.2) is 0 Å². The van der Waals surface area contributed by atoms with Gasteiger partial charge >= 0.3 is 0 Å². The molecule has 1 aliphatic rings. The molecule has 4 heteroatoms. The number of nitrogens with zero attached hydrogens (tertiary/aromatic N) is 2. The first kappa shape index (κ1) is 14.6. The van der Waals surface area contributed by atoms with E-state index in [1.54, 1.807) is 0 Å². The number of rotatable bonds is 3. The Morgan fingerprint density at radius 1 is 1.08 bits per heavy atom. The number of amides is 1. The normalized spacial score (nSPS) is 15.3. The number of aromatic nitrogens is 2. The summed E-state index contributed by atoms with van der Waals surface area (Å²) in [6.07, 6.45) is 5.91. The molecule has 0 radical (unpaired) electrons. The maximum Gasteiger partial charge on any atom is 0.260 e. The van der Waals surface area contributed by atoms with Crippen LogP contribution in [-0.4, -0.2) is 15.5 Å². The highest BCUT2D eigenvalue weighted by Crippen LogP contribution is 2.38. The molecule has 120 valence electrons. The van der Waals surface area contributed by atoms with E-state index >= 15 is 0 Å². The highest BCUT2D eigenvalue weighted by atomic mass is 16.2. The summed E-state index contributed by atoms with van der Waals surface area (Å²) in [4.78, 5) is 18.2. The van der Waals surface area contributed by atoms with E-state index in [0.717, 1.165) is 33.8 Å². The van der Waals surface area contributed by atoms with Gasteiger partial charge in [0.05, 0.1) is 11.3 Å². The number of para-hydroxylation sites is 1. The van der Waals surface area contributed by atoms with Crippen molar-refractivity contribution in [2.24, 2.45) is 0 Å². The van der Waals surface area contributed by atoms with Crippen LogP contribution in [0.1, 0.15) is 22.5 Å². The molecular weight excluding hydrogens is 298 g/mol. The molecule has 24 heavy (non-hydrogen) atoms. The van der Waals surface area contributed by atoms with Gasteiger partial charge in [-0.05, 0) is 49.8 Å². The second-order valence-corrected chi connectivity index (χ2v) is 6.20. The van der Waals surface area contributed by atoms with Crippen LogP contribution in [0.5, 0.6) is 0 Å². The van der Waals surface area contributed by atoms with E-state index in [1.165, 1.54) is 0 Å². The molecule has 0 fully saturated rings. The van der Waals surface area contributed by atoms with E-state index in [1.807, 2.05) is 71.3 Å². The topological polar surface area (TPSA) is 41.0 Å². The van der Waals surface area contributed by atoms with E-state index in [2.05, 4.69) is 18.0 Å². The lowest BCUT2D eigenvalue weighted by Crippen LogP contribution is -2.28. The van der Waals surface area contributed by atoms with Gasteiger partial charge in [-0.2, -0.15) is 0 Å². The fraction of sp³-hybridized carbons (Fsp3) is 0.150. The number of fused-ring (bicyclic) bond motifs is 1. The van der Waals surface area contributed by atoms with Crippen LogP contribution in [0.3, 0.4) is 0 Å². The van der Waals surface area contributed by atoms with Crippen molar-refractivity contribution in [2.75, 3.05) is 4.90 Å². The van der Waals surface area contributed by atoms with Crippen molar-refractivity contribution >= 4 is 23.2 Å². The second kappa shape index (κ2) is 5.57. The highest BCUT2D eigenvalue weighted by Gasteiger charge is 2.32. The Morgan fingerprint density at radius 3 is 2.54 bits per heavy atom. The van der Waals surface area contributed by atoms with Crippen molar-refractivity contribution in [2.45, 2.75) is 20.5 Å². The summed E-state index contributed by atoms with van der Waals surface area (Å²) in [6, 6.07) is 14.0. The summed E-state index contributed by atoms with van der Waals surface area (Å²) in [5, 5.41) is 0. The number of carbonyl (C=O) groups excluding carboxylic acids is 1. The van der Waals surface area contributed by atoms with Crippen LogP contribution in [0.25, 0.3) is 11.6 Å². The minimum atomic E-state index is 0.0385. The quantitative estimate of drug-likeness (QED) is 0.729. The maximum absolute atomic E-state index is 13.0. The van der Waals surface area contributed by atoms with Crippen molar-refractivity contribution in [3.8, 4) is 0 Å². The van der Waals surface area contributed by atoms with Crippen LogP contribution in [0.2, 0.25) is 0 Å². The summed E-state index contributed by atoms with van der Waals surface area (Å²) in [5.41, 5.74) is 5.93. The fourth-order valence-corrected chi connectivity index (χ4v) is 3.26. The molecule has 0 unspecified atom stereocenters. The van der Waals surface area contributed by atoms with Crippen molar-refractivity contribution in [1.29, 1.82) is 0 Å². The van der Waals surface area contributed by atoms with E-state index in [-0.39, 0.29) is 5.91 Å². The molecule has 1 aliphatic heterocycles. The van der Waals surface area contributed by atoms with Gasteiger partial charge in [-0.1, -0.05) is 18.2 Å². The number of hydrogen-bond acceptors (Lipinski definition) is 1. The van der Waals surface area contributed by atoms with Crippen LogP contribution in [0.4, 0.5) is 5.69 Å². The van der Waals surface area contributed by atoms with Crippen molar-refractivity contribution in [3.63, 3.8) is 0 Å². The van der Waals surface area contributed by atoms with Crippen LogP contribution < -0.4 is 4.90 Å². The molecule has 4 rings (SSSR count). The van der Waals surface area contributed by atoms with E-state index in [9.17, 15) is 4.79 Å². The molecule has 1 aromatic carbocycles.